The Kier molecular flexibility index (Phi) is 3.70. The number of hydrogen-bond acceptors (Lipinski definition) is 1. The standard InChI is InChI=1S/C10H13ClNS/c1-8-4-5-10(13-8)9(11)6-7-12(2)3/h4-7H,1-3H3/q+1/b9-6-. The fourth-order valence-corrected chi connectivity index (χ4v) is 1.88. The molecule has 3 heteroatoms. The average Bonchev–Trinajstić information content (AvgIpc) is 2.47. The van der Waals surface area contributed by atoms with Crippen molar-refractivity contribution in [3.8, 4) is 0 Å². The van der Waals surface area contributed by atoms with Crippen LogP contribution in [-0.4, -0.2) is 24.9 Å². The first kappa shape index (κ1) is 10.5. The molecule has 0 radical (unpaired) electrons. The van der Waals surface area contributed by atoms with Crippen molar-refractivity contribution >= 4 is 34.2 Å². The normalized spacial score (nSPS) is 11.5. The lowest BCUT2D eigenvalue weighted by Crippen LogP contribution is -1.95. The highest BCUT2D eigenvalue weighted by Gasteiger charge is 2.00. The van der Waals surface area contributed by atoms with Crippen molar-refractivity contribution in [2.75, 3.05) is 14.1 Å². The van der Waals surface area contributed by atoms with Crippen LogP contribution in [0, 0.1) is 6.92 Å². The number of aryl methyl sites for hydroxylation is 1. The fourth-order valence-electron chi connectivity index (χ4n) is 0.860. The molecule has 0 aliphatic rings. The highest BCUT2D eigenvalue weighted by molar-refractivity contribution is 7.13. The van der Waals surface area contributed by atoms with Gasteiger partial charge >= 0.3 is 0 Å². The van der Waals surface area contributed by atoms with Gasteiger partial charge in [0.1, 0.15) is 14.1 Å². The van der Waals surface area contributed by atoms with Gasteiger partial charge < -0.3 is 0 Å². The lowest BCUT2D eigenvalue weighted by molar-refractivity contribution is -0.458. The minimum absolute atomic E-state index is 0.798. The lowest BCUT2D eigenvalue weighted by atomic mass is 10.4. The lowest BCUT2D eigenvalue weighted by Gasteiger charge is -1.89. The molecule has 1 rings (SSSR count). The molecule has 1 aromatic rings. The number of thiophene rings is 1. The van der Waals surface area contributed by atoms with E-state index in [0.29, 0.717) is 0 Å². The summed E-state index contributed by atoms with van der Waals surface area (Å²) in [6.07, 6.45) is 3.85. The second kappa shape index (κ2) is 4.58. The van der Waals surface area contributed by atoms with E-state index >= 15 is 0 Å². The van der Waals surface area contributed by atoms with E-state index in [1.165, 1.54) is 4.88 Å². The van der Waals surface area contributed by atoms with Gasteiger partial charge in [-0.05, 0) is 19.1 Å². The SMILES string of the molecule is Cc1ccc(/C(Cl)=C/C=[N+](C)C)s1. The zero-order valence-corrected chi connectivity index (χ0v) is 9.62. The molecule has 0 aliphatic carbocycles. The van der Waals surface area contributed by atoms with Crippen molar-refractivity contribution in [3.05, 3.63) is 28.0 Å². The van der Waals surface area contributed by atoms with Gasteiger partial charge in [0.15, 0.2) is 6.21 Å². The van der Waals surface area contributed by atoms with Gasteiger partial charge in [-0.1, -0.05) is 11.6 Å². The van der Waals surface area contributed by atoms with Crippen molar-refractivity contribution in [2.45, 2.75) is 6.92 Å². The molecule has 0 atom stereocenters. The van der Waals surface area contributed by atoms with E-state index in [0.717, 1.165) is 9.91 Å². The quantitative estimate of drug-likeness (QED) is 0.526. The molecule has 1 aromatic heterocycles. The highest BCUT2D eigenvalue weighted by Crippen LogP contribution is 2.25. The van der Waals surface area contributed by atoms with Crippen molar-refractivity contribution in [3.63, 3.8) is 0 Å². The summed E-state index contributed by atoms with van der Waals surface area (Å²) in [5.74, 6) is 0. The van der Waals surface area contributed by atoms with E-state index in [2.05, 4.69) is 13.0 Å². The van der Waals surface area contributed by atoms with Crippen molar-refractivity contribution in [1.82, 2.24) is 0 Å². The summed E-state index contributed by atoms with van der Waals surface area (Å²) in [5.41, 5.74) is 0. The van der Waals surface area contributed by atoms with Crippen LogP contribution in [0.5, 0.6) is 0 Å². The first-order chi connectivity index (χ1) is 6.09. The van der Waals surface area contributed by atoms with Gasteiger partial charge in [-0.15, -0.1) is 11.3 Å². The predicted octanol–water partition coefficient (Wildman–Crippen LogP) is 2.98. The first-order valence-corrected chi connectivity index (χ1v) is 5.23. The van der Waals surface area contributed by atoms with Gasteiger partial charge in [0.2, 0.25) is 0 Å². The van der Waals surface area contributed by atoms with Gasteiger partial charge in [0.25, 0.3) is 0 Å². The molecule has 0 saturated heterocycles. The molecule has 0 aromatic carbocycles. The Labute approximate surface area is 88.0 Å². The van der Waals surface area contributed by atoms with Crippen LogP contribution < -0.4 is 0 Å². The minimum atomic E-state index is 0.798. The Morgan fingerprint density at radius 1 is 1.46 bits per heavy atom. The number of nitrogens with zero attached hydrogens (tertiary/aromatic N) is 1. The van der Waals surface area contributed by atoms with Crippen LogP contribution in [0.15, 0.2) is 18.2 Å². The molecule has 13 heavy (non-hydrogen) atoms. The molecule has 0 unspecified atom stereocenters. The third-order valence-electron chi connectivity index (χ3n) is 1.49. The van der Waals surface area contributed by atoms with Crippen LogP contribution in [0.4, 0.5) is 0 Å². The molecule has 0 saturated carbocycles. The van der Waals surface area contributed by atoms with E-state index in [4.69, 9.17) is 11.6 Å². The van der Waals surface area contributed by atoms with Crippen LogP contribution in [0.25, 0.3) is 5.03 Å². The molecule has 0 fully saturated rings. The molecule has 0 aliphatic heterocycles. The third-order valence-corrected chi connectivity index (χ3v) is 2.97. The van der Waals surface area contributed by atoms with E-state index < -0.39 is 0 Å². The second-order valence-electron chi connectivity index (χ2n) is 3.04. The van der Waals surface area contributed by atoms with Crippen LogP contribution in [-0.2, 0) is 0 Å². The van der Waals surface area contributed by atoms with Crippen molar-refractivity contribution in [1.29, 1.82) is 0 Å². The topological polar surface area (TPSA) is 3.01 Å². The molecular weight excluding hydrogens is 202 g/mol. The van der Waals surface area contributed by atoms with E-state index in [9.17, 15) is 0 Å². The van der Waals surface area contributed by atoms with Crippen LogP contribution in [0.2, 0.25) is 0 Å². The molecule has 1 nitrogen and oxygen atoms in total. The molecule has 0 N–H and O–H groups in total. The molecule has 0 amide bonds. The molecule has 0 spiro atoms. The largest absolute Gasteiger partial charge is 0.241 e. The maximum Gasteiger partial charge on any atom is 0.164 e. The highest BCUT2D eigenvalue weighted by atomic mass is 35.5. The minimum Gasteiger partial charge on any atom is -0.241 e. The number of hydrogen-bond donors (Lipinski definition) is 0. The summed E-state index contributed by atoms with van der Waals surface area (Å²) in [7, 11) is 3.95. The van der Waals surface area contributed by atoms with E-state index in [1.807, 2.05) is 37.0 Å². The average molecular weight is 215 g/mol. The predicted molar refractivity (Wildman–Crippen MR) is 61.1 cm³/mol. The van der Waals surface area contributed by atoms with Gasteiger partial charge in [0.05, 0.1) is 5.03 Å². The number of rotatable bonds is 2. The van der Waals surface area contributed by atoms with Crippen molar-refractivity contribution in [2.24, 2.45) is 0 Å². The Bertz CT molecular complexity index is 346. The summed E-state index contributed by atoms with van der Waals surface area (Å²) in [4.78, 5) is 2.41. The monoisotopic (exact) mass is 214 g/mol. The smallest absolute Gasteiger partial charge is 0.164 e. The summed E-state index contributed by atoms with van der Waals surface area (Å²) in [6.45, 7) is 2.08. The molecule has 70 valence electrons. The summed E-state index contributed by atoms with van der Waals surface area (Å²) in [6, 6.07) is 4.12. The van der Waals surface area contributed by atoms with Crippen LogP contribution in [0.1, 0.15) is 9.75 Å². The summed E-state index contributed by atoms with van der Waals surface area (Å²) in [5, 5.41) is 0.798. The molecule has 0 bridgehead atoms. The van der Waals surface area contributed by atoms with Gasteiger partial charge in [-0.3, -0.25) is 0 Å². The fraction of sp³-hybridized carbons (Fsp3) is 0.300. The van der Waals surface area contributed by atoms with Crippen LogP contribution in [0.3, 0.4) is 0 Å². The first-order valence-electron chi connectivity index (χ1n) is 4.03. The molecule has 1 heterocycles. The van der Waals surface area contributed by atoms with E-state index in [-0.39, 0.29) is 0 Å². The Balaban J connectivity index is 2.85. The Morgan fingerprint density at radius 3 is 2.62 bits per heavy atom. The van der Waals surface area contributed by atoms with Gasteiger partial charge in [-0.25, -0.2) is 4.58 Å². The summed E-state index contributed by atoms with van der Waals surface area (Å²) >= 11 is 7.79. The number of allylic oxidation sites excluding steroid dienone is 1. The van der Waals surface area contributed by atoms with Gasteiger partial charge in [-0.2, -0.15) is 0 Å². The van der Waals surface area contributed by atoms with Crippen LogP contribution >= 0.6 is 22.9 Å². The maximum atomic E-state index is 6.08. The Morgan fingerprint density at radius 2 is 2.15 bits per heavy atom. The third kappa shape index (κ3) is 3.33. The van der Waals surface area contributed by atoms with Gasteiger partial charge in [0, 0.05) is 15.8 Å². The number of halogens is 1. The second-order valence-corrected chi connectivity index (χ2v) is 4.73. The molecular formula is C10H13ClNS+. The maximum absolute atomic E-state index is 6.08. The van der Waals surface area contributed by atoms with Crippen molar-refractivity contribution < 1.29 is 4.58 Å². The zero-order valence-electron chi connectivity index (χ0n) is 8.04. The Hall–Kier alpha value is -0.600. The van der Waals surface area contributed by atoms with E-state index in [1.54, 1.807) is 11.3 Å². The zero-order chi connectivity index (χ0) is 9.84. The summed E-state index contributed by atoms with van der Waals surface area (Å²) < 4.78 is 1.96.